The highest BCUT2D eigenvalue weighted by Gasteiger charge is 2.33. The number of urea groups is 1. The number of halogens is 9. The lowest BCUT2D eigenvalue weighted by molar-refractivity contribution is -0.274. The maximum Gasteiger partial charge on any atom is 0.573 e. The monoisotopic (exact) mass is 1830 g/mol. The number of amides is 3. The molecule has 127 heavy (non-hydrogen) atoms. The van der Waals surface area contributed by atoms with Crippen LogP contribution in [0.4, 0.5) is 70.9 Å². The van der Waals surface area contributed by atoms with E-state index in [-0.39, 0.29) is 103 Å². The zero-order chi connectivity index (χ0) is 89.6. The van der Waals surface area contributed by atoms with Gasteiger partial charge in [0, 0.05) is 103 Å². The highest BCUT2D eigenvalue weighted by Crippen LogP contribution is 2.47. The van der Waals surface area contributed by atoms with Crippen LogP contribution < -0.4 is 34.9 Å². The number of aryl methyl sites for hydroxylation is 1. The first-order chi connectivity index (χ1) is 61.1. The van der Waals surface area contributed by atoms with Crippen LogP contribution in [-0.4, -0.2) is 87.7 Å². The highest BCUT2D eigenvalue weighted by molar-refractivity contribution is 7.13. The van der Waals surface area contributed by atoms with Gasteiger partial charge in [-0.2, -0.15) is 0 Å². The third-order valence-corrected chi connectivity index (χ3v) is 22.5. The first kappa shape index (κ1) is 87.4. The summed E-state index contributed by atoms with van der Waals surface area (Å²) in [4.78, 5) is 79.8. The van der Waals surface area contributed by atoms with E-state index in [0.29, 0.717) is 117 Å². The minimum Gasteiger partial charge on any atom is -0.497 e. The number of alkyl halides is 3. The SMILES string of the molecule is COc1cccc(C(=O)Nc2ccc3c(c2)c(N=O)c(O)n3Cc2cc(F)cc3c2OCOC3)c1.Cc1cc(Cl)cc2c(N=O)c(O)n(Cc3csc(-c4ccc(Cl)cc4)n3)c12.O=Nc1c(O)n(Cc2cc(F)cc3c2OCOC3)c2ccc(NC(=O)Nc3cccc(F)c3)cc12.O=Nc1c(O)n(Cc2csc(-c3ccc(Cl)cc3)n2)c2ccc(OC(F)(F)F)cc12. The quantitative estimate of drug-likeness (QED) is 0.0275. The summed E-state index contributed by atoms with van der Waals surface area (Å²) in [5.74, 6) is -2.34. The second-order valence-corrected chi connectivity index (χ2v) is 31.1. The van der Waals surface area contributed by atoms with E-state index < -0.39 is 47.4 Å². The molecule has 0 saturated carbocycles. The van der Waals surface area contributed by atoms with Crippen molar-refractivity contribution in [1.82, 2.24) is 28.2 Å². The van der Waals surface area contributed by atoms with E-state index in [2.05, 4.69) is 51.4 Å². The van der Waals surface area contributed by atoms with Gasteiger partial charge in [0.05, 0.1) is 80.0 Å². The number of hydrogen-bond donors (Lipinski definition) is 7. The molecule has 646 valence electrons. The maximum atomic E-state index is 14.2. The summed E-state index contributed by atoms with van der Waals surface area (Å²) in [6.07, 6.45) is -4.88. The Hall–Kier alpha value is -14.5. The number of fused-ring (bicyclic) bond motifs is 6. The number of nitrogens with one attached hydrogen (secondary N) is 3. The molecule has 0 fully saturated rings. The van der Waals surface area contributed by atoms with Gasteiger partial charge < -0.3 is 83.1 Å². The van der Waals surface area contributed by atoms with Crippen molar-refractivity contribution < 1.29 is 84.8 Å². The summed E-state index contributed by atoms with van der Waals surface area (Å²) < 4.78 is 116. The third-order valence-electron chi connectivity index (χ3n) is 19.9. The molecule has 40 heteroatoms. The molecule has 10 aromatic carbocycles. The zero-order valence-electron chi connectivity index (χ0n) is 65.6. The lowest BCUT2D eigenvalue weighted by atomic mass is 10.1. The first-order valence-corrected chi connectivity index (χ1v) is 40.4. The summed E-state index contributed by atoms with van der Waals surface area (Å²) in [6, 6.07) is 47.5. The number of benzene rings is 10. The number of anilines is 3. The van der Waals surface area contributed by atoms with Gasteiger partial charge in [0.2, 0.25) is 23.5 Å². The van der Waals surface area contributed by atoms with Crippen LogP contribution in [0, 0.1) is 44.0 Å². The number of rotatable bonds is 20. The van der Waals surface area contributed by atoms with Gasteiger partial charge in [-0.25, -0.2) is 27.9 Å². The van der Waals surface area contributed by atoms with Gasteiger partial charge in [0.25, 0.3) is 5.91 Å². The molecule has 7 N–H and O–H groups in total. The number of aromatic hydroxyl groups is 4. The predicted molar refractivity (Wildman–Crippen MR) is 468 cm³/mol. The van der Waals surface area contributed by atoms with Crippen LogP contribution in [0.15, 0.2) is 220 Å². The zero-order valence-corrected chi connectivity index (χ0v) is 69.5. The Morgan fingerprint density at radius 2 is 0.945 bits per heavy atom. The molecule has 6 aromatic heterocycles. The number of nitrogens with zero attached hydrogens (tertiary/aromatic N) is 10. The van der Waals surface area contributed by atoms with Gasteiger partial charge in [0.15, 0.2) is 36.3 Å². The Morgan fingerprint density at radius 3 is 1.44 bits per heavy atom. The Balaban J connectivity index is 0.000000131. The number of aromatic nitrogens is 6. The average molecular weight is 1830 g/mol. The fourth-order valence-corrected chi connectivity index (χ4v) is 16.5. The predicted octanol–water partition coefficient (Wildman–Crippen LogP) is 23.6. The molecule has 0 radical (unpaired) electrons. The minimum atomic E-state index is -4.88. The summed E-state index contributed by atoms with van der Waals surface area (Å²) >= 11 is 20.8. The van der Waals surface area contributed by atoms with Crippen LogP contribution in [0.25, 0.3) is 64.8 Å². The molecule has 16 aromatic rings. The Kier molecular flexibility index (Phi) is 25.8. The van der Waals surface area contributed by atoms with Crippen molar-refractivity contribution in [3.05, 3.63) is 296 Å². The van der Waals surface area contributed by atoms with Crippen LogP contribution in [0.2, 0.25) is 15.1 Å². The number of hydrogen-bond acceptors (Lipinski definition) is 24. The fourth-order valence-electron chi connectivity index (χ4n) is 14.4. The van der Waals surface area contributed by atoms with Gasteiger partial charge in [-0.3, -0.25) is 4.79 Å². The number of carbonyl (C=O) groups excluding carboxylic acids is 2. The van der Waals surface area contributed by atoms with E-state index in [9.17, 15) is 76.0 Å². The number of ether oxygens (including phenoxy) is 6. The van der Waals surface area contributed by atoms with Crippen molar-refractivity contribution in [2.45, 2.75) is 52.7 Å². The molecule has 2 aliphatic heterocycles. The summed E-state index contributed by atoms with van der Waals surface area (Å²) in [5.41, 5.74) is 8.52. The van der Waals surface area contributed by atoms with Gasteiger partial charge in [0.1, 0.15) is 50.5 Å². The molecule has 2 aliphatic rings. The average Bonchev–Trinajstić information content (AvgIpc) is 1.59. The van der Waals surface area contributed by atoms with Crippen LogP contribution in [-0.2, 0) is 48.9 Å². The van der Waals surface area contributed by atoms with Crippen molar-refractivity contribution in [3.8, 4) is 67.7 Å². The van der Waals surface area contributed by atoms with E-state index in [1.54, 1.807) is 88.8 Å². The van der Waals surface area contributed by atoms with Crippen molar-refractivity contribution in [2.75, 3.05) is 36.6 Å². The van der Waals surface area contributed by atoms with Crippen LogP contribution in [0.3, 0.4) is 0 Å². The first-order valence-electron chi connectivity index (χ1n) is 37.5. The van der Waals surface area contributed by atoms with E-state index in [1.165, 1.54) is 98.1 Å². The smallest absolute Gasteiger partial charge is 0.497 e. The van der Waals surface area contributed by atoms with Crippen LogP contribution in [0.5, 0.6) is 46.5 Å². The molecule has 29 nitrogen and oxygen atoms in total. The molecule has 3 amide bonds. The van der Waals surface area contributed by atoms with E-state index >= 15 is 0 Å². The number of methoxy groups -OCH3 is 1. The topological polar surface area (TPSA) is 370 Å². The third kappa shape index (κ3) is 19.3. The Labute approximate surface area is 734 Å². The van der Waals surface area contributed by atoms with Gasteiger partial charge in [-0.1, -0.05) is 71.2 Å². The van der Waals surface area contributed by atoms with Gasteiger partial charge >= 0.3 is 12.4 Å². The van der Waals surface area contributed by atoms with Crippen LogP contribution >= 0.6 is 57.5 Å². The van der Waals surface area contributed by atoms with Crippen molar-refractivity contribution in [2.24, 2.45) is 20.7 Å². The lowest BCUT2D eigenvalue weighted by Gasteiger charge is -2.21. The number of thiazole rings is 2. The molecule has 0 spiro atoms. The molecule has 18 rings (SSSR count). The van der Waals surface area contributed by atoms with E-state index in [4.69, 9.17) is 58.5 Å². The van der Waals surface area contributed by atoms with Crippen molar-refractivity contribution >= 4 is 153 Å². The number of nitroso groups, excluding NO2 is 4. The number of carbonyl (C=O) groups is 2. The molecule has 8 heterocycles. The van der Waals surface area contributed by atoms with Crippen LogP contribution in [0.1, 0.15) is 49.6 Å². The highest BCUT2D eigenvalue weighted by atomic mass is 35.5. The largest absolute Gasteiger partial charge is 0.573 e. The van der Waals surface area contributed by atoms with Crippen molar-refractivity contribution in [3.63, 3.8) is 0 Å². The van der Waals surface area contributed by atoms with E-state index in [1.807, 2.05) is 48.7 Å². The molecule has 0 aliphatic carbocycles. The Morgan fingerprint density at radius 1 is 0.488 bits per heavy atom. The second kappa shape index (κ2) is 37.5. The molecule has 0 unspecified atom stereocenters. The van der Waals surface area contributed by atoms with Crippen molar-refractivity contribution in [1.29, 1.82) is 0 Å². The molecule has 0 atom stereocenters. The molecule has 0 bridgehead atoms. The summed E-state index contributed by atoms with van der Waals surface area (Å²) in [7, 11) is 1.51. The standard InChI is InChI=1S/C25H20FN3O6.C24H18F2N4O5.C19H13Cl2N3O2S.C19H11ClF3N3O3S/c1-33-19-4-2-3-14(9-19)24(30)27-18-5-6-21-20(10-18)22(28-32)25(31)29(21)11-15-7-17(26)8-16-12-34-13-35-23(15)16;25-15-2-1-3-17(8-15)27-24(32)28-18-4-5-20-19(9-18)21(29-33)23(31)30(20)10-13-6-16(26)7-14-11-34-12-35-22(13)14;1-10-6-13(21)7-15-16(23-26)19(25)24(17(10)15)8-14-9-27-18(22-14)11-2-4-12(20)5-3-11;20-11-3-1-10(2-4-11)17-24-12(9-30-17)8-26-15-6-5-13(29-19(21,22)23)7-14(15)16(25-28)18(26)27/h2-10,31H,11-13H2,1H3,(H,27,30);1-9,31H,10-12H2,(H2,27,28,32);2-7,9,25H,8H2,1H3;1-7,9,27H,8H2. The van der Waals surface area contributed by atoms with Gasteiger partial charge in [-0.05, 0) is 185 Å². The normalized spacial score (nSPS) is 12.1. The molecular formula is C87H62Cl3F6N13O16S2. The lowest BCUT2D eigenvalue weighted by Crippen LogP contribution is -2.19. The summed E-state index contributed by atoms with van der Waals surface area (Å²) in [5, 5.41) is 70.2. The molecule has 0 saturated heterocycles. The second-order valence-electron chi connectivity index (χ2n) is 28.1. The Bertz CT molecular complexity index is 6990. The summed E-state index contributed by atoms with van der Waals surface area (Å²) in [6.45, 7) is 2.71. The fraction of sp³-hybridized carbons (Fsp3) is 0.126. The minimum absolute atomic E-state index is 0.00915. The maximum absolute atomic E-state index is 14.2. The van der Waals surface area contributed by atoms with E-state index in [0.717, 1.165) is 50.6 Å². The molecular weight excluding hydrogens is 1770 g/mol. The van der Waals surface area contributed by atoms with Gasteiger partial charge in [-0.15, -0.1) is 55.5 Å².